The third kappa shape index (κ3) is 2.82. The highest BCUT2D eigenvalue weighted by Gasteiger charge is 2.21. The van der Waals surface area contributed by atoms with Crippen LogP contribution in [-0.2, 0) is 12.8 Å². The predicted octanol–water partition coefficient (Wildman–Crippen LogP) is 3.94. The molecule has 22 heavy (non-hydrogen) atoms. The summed E-state index contributed by atoms with van der Waals surface area (Å²) >= 11 is 0. The zero-order valence-electron chi connectivity index (χ0n) is 14.2. The number of fused-ring (bicyclic) bond motifs is 1. The van der Waals surface area contributed by atoms with Gasteiger partial charge in [0.25, 0.3) is 0 Å². The molecule has 1 aliphatic heterocycles. The van der Waals surface area contributed by atoms with E-state index in [1.165, 1.54) is 28.1 Å². The van der Waals surface area contributed by atoms with Gasteiger partial charge in [-0.25, -0.2) is 0 Å². The van der Waals surface area contributed by atoms with Gasteiger partial charge in [-0.05, 0) is 38.3 Å². The summed E-state index contributed by atoms with van der Waals surface area (Å²) in [7, 11) is 0. The first-order chi connectivity index (χ1) is 10.6. The molecule has 0 amide bonds. The third-order valence-electron chi connectivity index (χ3n) is 4.52. The molecule has 3 nitrogen and oxygen atoms in total. The molecule has 1 aliphatic rings. The molecule has 0 saturated carbocycles. The van der Waals surface area contributed by atoms with Crippen LogP contribution in [0.5, 0.6) is 0 Å². The van der Waals surface area contributed by atoms with Gasteiger partial charge in [-0.15, -0.1) is 0 Å². The van der Waals surface area contributed by atoms with Gasteiger partial charge < -0.3 is 5.32 Å². The van der Waals surface area contributed by atoms with Gasteiger partial charge in [-0.2, -0.15) is 5.10 Å². The van der Waals surface area contributed by atoms with Crippen molar-refractivity contribution in [1.29, 1.82) is 0 Å². The SMILES string of the molecule is CC(C)c1ccc(-c2c3c(nn2C(C)C)CCNCC3)cc1. The Kier molecular flexibility index (Phi) is 4.34. The van der Waals surface area contributed by atoms with Crippen LogP contribution in [0.25, 0.3) is 11.3 Å². The first-order valence-electron chi connectivity index (χ1n) is 8.49. The molecule has 1 aromatic heterocycles. The summed E-state index contributed by atoms with van der Waals surface area (Å²) in [5, 5.41) is 8.40. The number of nitrogens with zero attached hydrogens (tertiary/aromatic N) is 2. The van der Waals surface area contributed by atoms with E-state index in [1.54, 1.807) is 0 Å². The fraction of sp³-hybridized carbons (Fsp3) is 0.526. The lowest BCUT2D eigenvalue weighted by atomic mass is 9.98. The second-order valence-corrected chi connectivity index (χ2v) is 6.84. The second-order valence-electron chi connectivity index (χ2n) is 6.84. The van der Waals surface area contributed by atoms with Crippen LogP contribution in [-0.4, -0.2) is 22.9 Å². The average molecular weight is 297 g/mol. The van der Waals surface area contributed by atoms with Crippen LogP contribution < -0.4 is 5.32 Å². The van der Waals surface area contributed by atoms with E-state index >= 15 is 0 Å². The minimum atomic E-state index is 0.389. The summed E-state index contributed by atoms with van der Waals surface area (Å²) in [4.78, 5) is 0. The van der Waals surface area contributed by atoms with E-state index in [4.69, 9.17) is 5.10 Å². The van der Waals surface area contributed by atoms with Gasteiger partial charge >= 0.3 is 0 Å². The van der Waals surface area contributed by atoms with Crippen LogP contribution in [0.4, 0.5) is 0 Å². The van der Waals surface area contributed by atoms with E-state index in [9.17, 15) is 0 Å². The Bertz CT molecular complexity index is 635. The van der Waals surface area contributed by atoms with E-state index in [-0.39, 0.29) is 0 Å². The maximum Gasteiger partial charge on any atom is 0.0720 e. The van der Waals surface area contributed by atoms with Gasteiger partial charge in [0.05, 0.1) is 11.4 Å². The summed E-state index contributed by atoms with van der Waals surface area (Å²) in [6.45, 7) is 11.0. The second kappa shape index (κ2) is 6.25. The Hall–Kier alpha value is -1.61. The molecule has 0 aliphatic carbocycles. The highest BCUT2D eigenvalue weighted by molar-refractivity contribution is 5.65. The number of hydrogen-bond donors (Lipinski definition) is 1. The van der Waals surface area contributed by atoms with Gasteiger partial charge in [0.1, 0.15) is 0 Å². The van der Waals surface area contributed by atoms with Crippen molar-refractivity contribution in [1.82, 2.24) is 15.1 Å². The van der Waals surface area contributed by atoms with E-state index in [0.29, 0.717) is 12.0 Å². The van der Waals surface area contributed by atoms with Crippen LogP contribution in [0.2, 0.25) is 0 Å². The Balaban J connectivity index is 2.09. The molecule has 0 saturated heterocycles. The number of nitrogens with one attached hydrogen (secondary N) is 1. The molecule has 0 spiro atoms. The van der Waals surface area contributed by atoms with Crippen molar-refractivity contribution < 1.29 is 0 Å². The molecule has 2 aromatic rings. The lowest BCUT2D eigenvalue weighted by molar-refractivity contribution is 0.529. The van der Waals surface area contributed by atoms with Crippen molar-refractivity contribution in [2.45, 2.75) is 52.5 Å². The van der Waals surface area contributed by atoms with Crippen molar-refractivity contribution in [2.75, 3.05) is 13.1 Å². The molecule has 0 unspecified atom stereocenters. The minimum Gasteiger partial charge on any atom is -0.316 e. The lowest BCUT2D eigenvalue weighted by Gasteiger charge is -2.14. The Morgan fingerprint density at radius 1 is 1.00 bits per heavy atom. The monoisotopic (exact) mass is 297 g/mol. The quantitative estimate of drug-likeness (QED) is 0.930. The maximum atomic E-state index is 4.92. The van der Waals surface area contributed by atoms with Gasteiger partial charge in [-0.3, -0.25) is 4.68 Å². The molecule has 1 aromatic carbocycles. The molecule has 3 rings (SSSR count). The van der Waals surface area contributed by atoms with Crippen molar-refractivity contribution >= 4 is 0 Å². The van der Waals surface area contributed by atoms with E-state index < -0.39 is 0 Å². The molecule has 0 atom stereocenters. The normalized spacial score (nSPS) is 15.2. The molecule has 1 N–H and O–H groups in total. The fourth-order valence-corrected chi connectivity index (χ4v) is 3.23. The molecular formula is C19H27N3. The van der Waals surface area contributed by atoms with Crippen molar-refractivity contribution in [3.05, 3.63) is 41.1 Å². The zero-order valence-corrected chi connectivity index (χ0v) is 14.2. The first-order valence-corrected chi connectivity index (χ1v) is 8.49. The molecule has 3 heteroatoms. The summed E-state index contributed by atoms with van der Waals surface area (Å²) in [5.74, 6) is 0.574. The van der Waals surface area contributed by atoms with Gasteiger partial charge in [0.2, 0.25) is 0 Å². The van der Waals surface area contributed by atoms with Gasteiger partial charge in [0, 0.05) is 30.1 Å². The Labute approximate surface area is 133 Å². The van der Waals surface area contributed by atoms with Crippen LogP contribution in [0.3, 0.4) is 0 Å². The highest BCUT2D eigenvalue weighted by Crippen LogP contribution is 2.31. The molecule has 0 bridgehead atoms. The van der Waals surface area contributed by atoms with Crippen LogP contribution >= 0.6 is 0 Å². The van der Waals surface area contributed by atoms with Crippen LogP contribution in [0, 0.1) is 0 Å². The molecule has 0 fully saturated rings. The topological polar surface area (TPSA) is 29.9 Å². The smallest absolute Gasteiger partial charge is 0.0720 e. The molecule has 118 valence electrons. The summed E-state index contributed by atoms with van der Waals surface area (Å²) < 4.78 is 2.22. The van der Waals surface area contributed by atoms with Crippen LogP contribution in [0.15, 0.2) is 24.3 Å². The maximum absolute atomic E-state index is 4.92. The van der Waals surface area contributed by atoms with E-state index in [1.807, 2.05) is 0 Å². The van der Waals surface area contributed by atoms with Crippen LogP contribution in [0.1, 0.15) is 56.5 Å². The van der Waals surface area contributed by atoms with Crippen molar-refractivity contribution in [2.24, 2.45) is 0 Å². The molecule has 0 radical (unpaired) electrons. The first kappa shape index (κ1) is 15.3. The number of rotatable bonds is 3. The third-order valence-corrected chi connectivity index (χ3v) is 4.52. The predicted molar refractivity (Wildman–Crippen MR) is 92.4 cm³/mol. The van der Waals surface area contributed by atoms with Gasteiger partial charge in [0.15, 0.2) is 0 Å². The Morgan fingerprint density at radius 2 is 1.68 bits per heavy atom. The largest absolute Gasteiger partial charge is 0.316 e. The highest BCUT2D eigenvalue weighted by atomic mass is 15.3. The van der Waals surface area contributed by atoms with E-state index in [0.717, 1.165) is 25.9 Å². The standard InChI is InChI=1S/C19H27N3/c1-13(2)15-5-7-16(8-6-15)19-17-9-11-20-12-10-18(17)21-22(19)14(3)4/h5-8,13-14,20H,9-12H2,1-4H3. The lowest BCUT2D eigenvalue weighted by Crippen LogP contribution is -2.17. The Morgan fingerprint density at radius 3 is 2.32 bits per heavy atom. The zero-order chi connectivity index (χ0) is 15.7. The fourth-order valence-electron chi connectivity index (χ4n) is 3.23. The summed E-state index contributed by atoms with van der Waals surface area (Å²) in [5.41, 5.74) is 6.74. The van der Waals surface area contributed by atoms with Gasteiger partial charge in [-0.1, -0.05) is 38.1 Å². The van der Waals surface area contributed by atoms with Crippen molar-refractivity contribution in [3.63, 3.8) is 0 Å². The van der Waals surface area contributed by atoms with E-state index in [2.05, 4.69) is 62.0 Å². The van der Waals surface area contributed by atoms with Crippen molar-refractivity contribution in [3.8, 4) is 11.3 Å². The number of aromatic nitrogens is 2. The summed E-state index contributed by atoms with van der Waals surface area (Å²) in [6.07, 6.45) is 2.11. The average Bonchev–Trinajstić information content (AvgIpc) is 2.71. The summed E-state index contributed by atoms with van der Waals surface area (Å²) in [6, 6.07) is 9.45. The minimum absolute atomic E-state index is 0.389. The molecule has 2 heterocycles. The molecular weight excluding hydrogens is 270 g/mol. The number of benzene rings is 1. The number of hydrogen-bond acceptors (Lipinski definition) is 2.